The topological polar surface area (TPSA) is 77.7 Å². The van der Waals surface area contributed by atoms with Crippen LogP contribution in [0.5, 0.6) is 0 Å². The normalized spacial score (nSPS) is 18.4. The van der Waals surface area contributed by atoms with E-state index in [1.807, 2.05) is 18.2 Å². The van der Waals surface area contributed by atoms with Crippen LogP contribution in [0.3, 0.4) is 0 Å². The molecule has 6 nitrogen and oxygen atoms in total. The molecule has 2 unspecified atom stereocenters. The number of anilines is 1. The highest BCUT2D eigenvalue weighted by molar-refractivity contribution is 5.94. The van der Waals surface area contributed by atoms with Gasteiger partial charge in [-0.3, -0.25) is 4.98 Å². The highest BCUT2D eigenvalue weighted by Gasteiger charge is 2.32. The average molecular weight is 421 g/mol. The van der Waals surface area contributed by atoms with Gasteiger partial charge in [-0.25, -0.2) is 0 Å². The molecular weight excluding hydrogens is 396 g/mol. The lowest BCUT2D eigenvalue weighted by atomic mass is 10.0. The lowest BCUT2D eigenvalue weighted by Gasteiger charge is -2.42. The molecule has 158 valence electrons. The van der Waals surface area contributed by atoms with Gasteiger partial charge in [-0.1, -0.05) is 54.6 Å². The standard InChI is InChI=1S/C26H24N6/c1-18-15-28-17-25(23-12-11-20(14-27)16-29-23)32(18)26-22-10-6-5-9-21(22)24(30-31-26)13-19-7-3-2-4-8-19/h2-12,16,18,25,28H,13,15,17H2,1H3. The van der Waals surface area contributed by atoms with Crippen LogP contribution < -0.4 is 10.2 Å². The number of nitrogens with one attached hydrogen (secondary N) is 1. The molecule has 2 aromatic heterocycles. The Labute approximate surface area is 187 Å². The Morgan fingerprint density at radius 3 is 2.50 bits per heavy atom. The first kappa shape index (κ1) is 20.1. The number of hydrogen-bond donors (Lipinski definition) is 1. The minimum Gasteiger partial charge on any atom is -0.341 e. The smallest absolute Gasteiger partial charge is 0.160 e. The Balaban J connectivity index is 1.58. The summed E-state index contributed by atoms with van der Waals surface area (Å²) >= 11 is 0. The van der Waals surface area contributed by atoms with Crippen molar-refractivity contribution in [3.63, 3.8) is 0 Å². The van der Waals surface area contributed by atoms with Crippen molar-refractivity contribution in [3.8, 4) is 6.07 Å². The summed E-state index contributed by atoms with van der Waals surface area (Å²) in [5.41, 5.74) is 3.68. The van der Waals surface area contributed by atoms with Crippen molar-refractivity contribution < 1.29 is 0 Å². The maximum absolute atomic E-state index is 9.13. The largest absolute Gasteiger partial charge is 0.341 e. The molecule has 1 N–H and O–H groups in total. The van der Waals surface area contributed by atoms with Crippen LogP contribution in [0.1, 0.15) is 35.5 Å². The average Bonchev–Trinajstić information content (AvgIpc) is 2.85. The molecule has 1 aliphatic heterocycles. The van der Waals surface area contributed by atoms with Gasteiger partial charge in [0.15, 0.2) is 5.82 Å². The zero-order valence-corrected chi connectivity index (χ0v) is 17.9. The van der Waals surface area contributed by atoms with Gasteiger partial charge in [-0.15, -0.1) is 5.10 Å². The molecule has 1 saturated heterocycles. The van der Waals surface area contributed by atoms with Crippen LogP contribution in [0, 0.1) is 11.3 Å². The van der Waals surface area contributed by atoms with Gasteiger partial charge in [-0.05, 0) is 24.6 Å². The van der Waals surface area contributed by atoms with Crippen molar-refractivity contribution in [1.82, 2.24) is 20.5 Å². The molecular formula is C26H24N6. The molecule has 0 radical (unpaired) electrons. The fraction of sp³-hybridized carbons (Fsp3) is 0.231. The van der Waals surface area contributed by atoms with Gasteiger partial charge < -0.3 is 10.2 Å². The Morgan fingerprint density at radius 1 is 0.969 bits per heavy atom. The molecule has 1 fully saturated rings. The molecule has 0 spiro atoms. The fourth-order valence-electron chi connectivity index (χ4n) is 4.46. The van der Waals surface area contributed by atoms with Crippen LogP contribution in [0.25, 0.3) is 10.8 Å². The van der Waals surface area contributed by atoms with Crippen molar-refractivity contribution in [2.45, 2.75) is 25.4 Å². The third-order valence-electron chi connectivity index (χ3n) is 6.05. The van der Waals surface area contributed by atoms with Gasteiger partial charge in [0.25, 0.3) is 0 Å². The zero-order chi connectivity index (χ0) is 21.9. The summed E-state index contributed by atoms with van der Waals surface area (Å²) in [4.78, 5) is 6.91. The van der Waals surface area contributed by atoms with E-state index in [-0.39, 0.29) is 12.1 Å². The molecule has 0 aliphatic carbocycles. The molecule has 0 amide bonds. The molecule has 5 rings (SSSR count). The van der Waals surface area contributed by atoms with Crippen molar-refractivity contribution in [1.29, 1.82) is 5.26 Å². The Hall–Kier alpha value is -3.82. The molecule has 4 aromatic rings. The van der Waals surface area contributed by atoms with Gasteiger partial charge in [0.1, 0.15) is 6.07 Å². The summed E-state index contributed by atoms with van der Waals surface area (Å²) < 4.78 is 0. The van der Waals surface area contributed by atoms with Crippen LogP contribution >= 0.6 is 0 Å². The summed E-state index contributed by atoms with van der Waals surface area (Å²) in [7, 11) is 0. The SMILES string of the molecule is CC1CNCC(c2ccc(C#N)cn2)N1c1nnc(Cc2ccccc2)c2ccccc12. The van der Waals surface area contributed by atoms with E-state index >= 15 is 0 Å². The predicted molar refractivity (Wildman–Crippen MR) is 125 cm³/mol. The van der Waals surface area contributed by atoms with Crippen LogP contribution in [0.15, 0.2) is 72.9 Å². The van der Waals surface area contributed by atoms with Gasteiger partial charge >= 0.3 is 0 Å². The molecule has 0 bridgehead atoms. The summed E-state index contributed by atoms with van der Waals surface area (Å²) in [6.07, 6.45) is 2.38. The lowest BCUT2D eigenvalue weighted by Crippen LogP contribution is -2.52. The van der Waals surface area contributed by atoms with Crippen LogP contribution in [-0.2, 0) is 6.42 Å². The highest BCUT2D eigenvalue weighted by Crippen LogP contribution is 2.34. The van der Waals surface area contributed by atoms with E-state index in [9.17, 15) is 0 Å². The molecule has 0 saturated carbocycles. The summed E-state index contributed by atoms with van der Waals surface area (Å²) in [5, 5.41) is 24.3. The molecule has 3 heterocycles. The second-order valence-electron chi connectivity index (χ2n) is 8.19. The summed E-state index contributed by atoms with van der Waals surface area (Å²) in [5.74, 6) is 0.877. The monoisotopic (exact) mass is 420 g/mol. The number of piperazine rings is 1. The maximum atomic E-state index is 9.13. The molecule has 6 heteroatoms. The Kier molecular flexibility index (Phi) is 5.49. The summed E-state index contributed by atoms with van der Waals surface area (Å²) in [6.45, 7) is 3.80. The predicted octanol–water partition coefficient (Wildman–Crippen LogP) is 4.03. The first-order chi connectivity index (χ1) is 15.7. The van der Waals surface area contributed by atoms with Crippen LogP contribution in [0.2, 0.25) is 0 Å². The fourth-order valence-corrected chi connectivity index (χ4v) is 4.46. The molecule has 2 atom stereocenters. The second kappa shape index (κ2) is 8.74. The van der Waals surface area contributed by atoms with E-state index in [1.54, 1.807) is 6.20 Å². The highest BCUT2D eigenvalue weighted by atomic mass is 15.3. The lowest BCUT2D eigenvalue weighted by molar-refractivity contribution is 0.413. The zero-order valence-electron chi connectivity index (χ0n) is 17.9. The van der Waals surface area contributed by atoms with E-state index in [4.69, 9.17) is 15.5 Å². The van der Waals surface area contributed by atoms with Crippen molar-refractivity contribution in [2.75, 3.05) is 18.0 Å². The second-order valence-corrected chi connectivity index (χ2v) is 8.19. The first-order valence-electron chi connectivity index (χ1n) is 10.9. The van der Waals surface area contributed by atoms with E-state index < -0.39 is 0 Å². The first-order valence-corrected chi connectivity index (χ1v) is 10.9. The number of hydrogen-bond acceptors (Lipinski definition) is 6. The number of benzene rings is 2. The van der Waals surface area contributed by atoms with E-state index in [1.165, 1.54) is 5.56 Å². The van der Waals surface area contributed by atoms with Gasteiger partial charge in [0, 0.05) is 42.5 Å². The number of nitriles is 1. The minimum atomic E-state index is 0.00386. The Morgan fingerprint density at radius 2 is 1.75 bits per heavy atom. The molecule has 2 aromatic carbocycles. The van der Waals surface area contributed by atoms with Crippen LogP contribution in [-0.4, -0.2) is 34.3 Å². The Bertz CT molecular complexity index is 1260. The van der Waals surface area contributed by atoms with Crippen molar-refractivity contribution in [3.05, 3.63) is 95.4 Å². The van der Waals surface area contributed by atoms with Crippen molar-refractivity contribution >= 4 is 16.6 Å². The van der Waals surface area contributed by atoms with E-state index in [0.717, 1.165) is 47.5 Å². The minimum absolute atomic E-state index is 0.00386. The van der Waals surface area contributed by atoms with Crippen LogP contribution in [0.4, 0.5) is 5.82 Å². The molecule has 1 aliphatic rings. The van der Waals surface area contributed by atoms with Crippen molar-refractivity contribution in [2.24, 2.45) is 0 Å². The van der Waals surface area contributed by atoms with Gasteiger partial charge in [-0.2, -0.15) is 10.4 Å². The van der Waals surface area contributed by atoms with Gasteiger partial charge in [0.05, 0.1) is 23.0 Å². The number of fused-ring (bicyclic) bond motifs is 1. The number of aromatic nitrogens is 3. The third-order valence-corrected chi connectivity index (χ3v) is 6.05. The molecule has 32 heavy (non-hydrogen) atoms. The number of nitrogens with zero attached hydrogens (tertiary/aromatic N) is 5. The van der Waals surface area contributed by atoms with E-state index in [2.05, 4.69) is 76.7 Å². The maximum Gasteiger partial charge on any atom is 0.160 e. The number of pyridine rings is 1. The summed E-state index contributed by atoms with van der Waals surface area (Å²) in [6, 6.07) is 24.9. The number of rotatable bonds is 4. The van der Waals surface area contributed by atoms with Gasteiger partial charge in [0.2, 0.25) is 0 Å². The quantitative estimate of drug-likeness (QED) is 0.537. The third kappa shape index (κ3) is 3.79. The van der Waals surface area contributed by atoms with E-state index in [0.29, 0.717) is 5.56 Å².